The van der Waals surface area contributed by atoms with E-state index in [9.17, 15) is 0 Å². The number of rotatable bonds is 6. The van der Waals surface area contributed by atoms with Crippen LogP contribution >= 0.6 is 15.9 Å². The van der Waals surface area contributed by atoms with Crippen LogP contribution in [0.2, 0.25) is 0 Å². The van der Waals surface area contributed by atoms with Crippen molar-refractivity contribution in [3.05, 3.63) is 16.7 Å². The van der Waals surface area contributed by atoms with E-state index in [1.807, 2.05) is 10.6 Å². The van der Waals surface area contributed by atoms with Gasteiger partial charge in [-0.1, -0.05) is 13.8 Å². The van der Waals surface area contributed by atoms with Gasteiger partial charge in [-0.15, -0.1) is 0 Å². The summed E-state index contributed by atoms with van der Waals surface area (Å²) in [6.45, 7) is 8.34. The van der Waals surface area contributed by atoms with E-state index in [0.717, 1.165) is 41.8 Å². The van der Waals surface area contributed by atoms with Crippen molar-refractivity contribution in [1.82, 2.24) is 19.4 Å². The van der Waals surface area contributed by atoms with Crippen molar-refractivity contribution in [3.63, 3.8) is 0 Å². The molecule has 0 aromatic carbocycles. The van der Waals surface area contributed by atoms with Gasteiger partial charge in [0.05, 0.1) is 0 Å². The van der Waals surface area contributed by atoms with E-state index in [0.29, 0.717) is 5.95 Å². The molecule has 0 amide bonds. The van der Waals surface area contributed by atoms with Gasteiger partial charge in [-0.2, -0.15) is 0 Å². The second kappa shape index (κ2) is 6.34. The molecule has 104 valence electrons. The summed E-state index contributed by atoms with van der Waals surface area (Å²) in [4.78, 5) is 11.2. The molecule has 0 saturated heterocycles. The topological polar surface area (TPSA) is 60.0 Å². The summed E-state index contributed by atoms with van der Waals surface area (Å²) >= 11 is 3.40. The van der Waals surface area contributed by atoms with Crippen LogP contribution in [-0.2, 0) is 6.54 Å². The minimum atomic E-state index is 0.535. The third kappa shape index (κ3) is 3.25. The van der Waals surface area contributed by atoms with Crippen molar-refractivity contribution in [2.45, 2.75) is 26.8 Å². The second-order valence-corrected chi connectivity index (χ2v) is 5.47. The summed E-state index contributed by atoms with van der Waals surface area (Å²) in [5, 5.41) is 0. The maximum Gasteiger partial charge on any atom is 0.202 e. The van der Waals surface area contributed by atoms with Crippen LogP contribution < -0.4 is 5.73 Å². The van der Waals surface area contributed by atoms with E-state index in [4.69, 9.17) is 5.73 Å². The first-order valence-electron chi connectivity index (χ1n) is 6.65. The van der Waals surface area contributed by atoms with Crippen LogP contribution in [0.3, 0.4) is 0 Å². The number of fused-ring (bicyclic) bond motifs is 1. The predicted molar refractivity (Wildman–Crippen MR) is 82.0 cm³/mol. The van der Waals surface area contributed by atoms with Crippen LogP contribution in [0, 0.1) is 0 Å². The fraction of sp³-hybridized carbons (Fsp3) is 0.538. The largest absolute Gasteiger partial charge is 0.369 e. The van der Waals surface area contributed by atoms with E-state index in [1.54, 1.807) is 6.20 Å². The Bertz CT molecular complexity index is 551. The summed E-state index contributed by atoms with van der Waals surface area (Å²) < 4.78 is 2.91. The molecule has 0 aliphatic rings. The Morgan fingerprint density at radius 1 is 1.37 bits per heavy atom. The molecule has 2 N–H and O–H groups in total. The van der Waals surface area contributed by atoms with Crippen LogP contribution in [0.1, 0.15) is 20.3 Å². The monoisotopic (exact) mass is 325 g/mol. The zero-order chi connectivity index (χ0) is 13.8. The number of hydrogen-bond acceptors (Lipinski definition) is 4. The van der Waals surface area contributed by atoms with Crippen LogP contribution in [0.4, 0.5) is 5.95 Å². The van der Waals surface area contributed by atoms with E-state index in [-0.39, 0.29) is 0 Å². The number of pyridine rings is 1. The van der Waals surface area contributed by atoms with Crippen LogP contribution in [0.5, 0.6) is 0 Å². The van der Waals surface area contributed by atoms with E-state index in [1.165, 1.54) is 6.42 Å². The molecule has 2 rings (SSSR count). The Labute approximate surface area is 121 Å². The highest BCUT2D eigenvalue weighted by molar-refractivity contribution is 9.10. The summed E-state index contributed by atoms with van der Waals surface area (Å²) in [6, 6.07) is 1.94. The molecule has 0 spiro atoms. The second-order valence-electron chi connectivity index (χ2n) is 4.55. The highest BCUT2D eigenvalue weighted by atomic mass is 79.9. The first-order valence-corrected chi connectivity index (χ1v) is 7.44. The fourth-order valence-corrected chi connectivity index (χ4v) is 2.53. The van der Waals surface area contributed by atoms with Crippen LogP contribution in [0.15, 0.2) is 16.7 Å². The fourth-order valence-electron chi connectivity index (χ4n) is 2.21. The van der Waals surface area contributed by atoms with Gasteiger partial charge in [-0.05, 0) is 41.5 Å². The Hall–Kier alpha value is -1.14. The molecule has 2 heterocycles. The Morgan fingerprint density at radius 3 is 2.84 bits per heavy atom. The minimum Gasteiger partial charge on any atom is -0.369 e. The van der Waals surface area contributed by atoms with Gasteiger partial charge in [-0.25, -0.2) is 9.97 Å². The predicted octanol–water partition coefficient (Wildman–Crippen LogP) is 2.51. The molecule has 0 radical (unpaired) electrons. The third-order valence-electron chi connectivity index (χ3n) is 3.21. The standard InChI is InChI=1S/C13H20BrN5/c1-3-5-18(4-2)6-7-19-12-11(17-13(19)15)8-10(14)9-16-12/h8-9H,3-7H2,1-2H3,(H2,15,17). The van der Waals surface area contributed by atoms with Gasteiger partial charge in [0.25, 0.3) is 0 Å². The first-order chi connectivity index (χ1) is 9.15. The van der Waals surface area contributed by atoms with Gasteiger partial charge in [0, 0.05) is 23.8 Å². The van der Waals surface area contributed by atoms with Gasteiger partial charge in [0.1, 0.15) is 5.52 Å². The van der Waals surface area contributed by atoms with Crippen molar-refractivity contribution in [1.29, 1.82) is 0 Å². The first kappa shape index (κ1) is 14.3. The number of anilines is 1. The Kier molecular flexibility index (Phi) is 4.76. The number of hydrogen-bond donors (Lipinski definition) is 1. The van der Waals surface area contributed by atoms with Crippen LogP contribution in [0.25, 0.3) is 11.2 Å². The normalized spacial score (nSPS) is 11.6. The molecule has 0 atom stereocenters. The molecule has 0 aliphatic carbocycles. The molecular formula is C13H20BrN5. The third-order valence-corrected chi connectivity index (χ3v) is 3.64. The van der Waals surface area contributed by atoms with Crippen molar-refractivity contribution in [3.8, 4) is 0 Å². The van der Waals surface area contributed by atoms with Crippen molar-refractivity contribution in [2.75, 3.05) is 25.4 Å². The van der Waals surface area contributed by atoms with E-state index >= 15 is 0 Å². The quantitative estimate of drug-likeness (QED) is 0.886. The summed E-state index contributed by atoms with van der Waals surface area (Å²) in [7, 11) is 0. The summed E-state index contributed by atoms with van der Waals surface area (Å²) in [5.74, 6) is 0.535. The average molecular weight is 326 g/mol. The summed E-state index contributed by atoms with van der Waals surface area (Å²) in [6.07, 6.45) is 2.95. The number of halogens is 1. The van der Waals surface area contributed by atoms with E-state index in [2.05, 4.69) is 44.6 Å². The van der Waals surface area contributed by atoms with Gasteiger partial charge < -0.3 is 10.6 Å². The number of nitrogens with two attached hydrogens (primary N) is 1. The zero-order valence-corrected chi connectivity index (χ0v) is 13.0. The number of nitrogen functional groups attached to an aromatic ring is 1. The molecule has 0 fully saturated rings. The average Bonchev–Trinajstić information content (AvgIpc) is 2.69. The molecule has 0 unspecified atom stereocenters. The molecule has 5 nitrogen and oxygen atoms in total. The molecule has 2 aromatic rings. The highest BCUT2D eigenvalue weighted by Crippen LogP contribution is 2.19. The maximum absolute atomic E-state index is 5.98. The molecule has 2 aromatic heterocycles. The molecule has 6 heteroatoms. The van der Waals surface area contributed by atoms with E-state index < -0.39 is 0 Å². The van der Waals surface area contributed by atoms with Crippen molar-refractivity contribution >= 4 is 33.0 Å². The molecule has 0 aliphatic heterocycles. The lowest BCUT2D eigenvalue weighted by Crippen LogP contribution is -2.28. The van der Waals surface area contributed by atoms with Gasteiger partial charge in [0.15, 0.2) is 5.65 Å². The molecule has 19 heavy (non-hydrogen) atoms. The number of imidazole rings is 1. The maximum atomic E-state index is 5.98. The number of likely N-dealkylation sites (N-methyl/N-ethyl adjacent to an activating group) is 1. The summed E-state index contributed by atoms with van der Waals surface area (Å²) in [5.41, 5.74) is 7.68. The number of nitrogens with zero attached hydrogens (tertiary/aromatic N) is 4. The molecule has 0 bridgehead atoms. The lowest BCUT2D eigenvalue weighted by molar-refractivity contribution is 0.278. The van der Waals surface area contributed by atoms with Gasteiger partial charge in [-0.3, -0.25) is 4.57 Å². The highest BCUT2D eigenvalue weighted by Gasteiger charge is 2.10. The SMILES string of the molecule is CCCN(CC)CCn1c(N)nc2cc(Br)cnc21. The minimum absolute atomic E-state index is 0.535. The Morgan fingerprint density at radius 2 is 2.16 bits per heavy atom. The van der Waals surface area contributed by atoms with Gasteiger partial charge in [0.2, 0.25) is 5.95 Å². The molecular weight excluding hydrogens is 306 g/mol. The smallest absolute Gasteiger partial charge is 0.202 e. The van der Waals surface area contributed by atoms with Crippen LogP contribution in [-0.4, -0.2) is 39.1 Å². The van der Waals surface area contributed by atoms with Gasteiger partial charge >= 0.3 is 0 Å². The Balaban J connectivity index is 2.18. The van der Waals surface area contributed by atoms with Crippen molar-refractivity contribution in [2.24, 2.45) is 0 Å². The van der Waals surface area contributed by atoms with Crippen molar-refractivity contribution < 1.29 is 0 Å². The lowest BCUT2D eigenvalue weighted by atomic mass is 10.4. The number of aromatic nitrogens is 3. The molecule has 0 saturated carbocycles. The lowest BCUT2D eigenvalue weighted by Gasteiger charge is -2.19. The zero-order valence-electron chi connectivity index (χ0n) is 11.4.